The van der Waals surface area contributed by atoms with Gasteiger partial charge in [-0.2, -0.15) is 0 Å². The molecule has 8 heteroatoms. The maximum Gasteiger partial charge on any atom is 0.326 e. The number of hydrogen-bond donors (Lipinski definition) is 0. The van der Waals surface area contributed by atoms with Crippen LogP contribution in [-0.4, -0.2) is 40.8 Å². The van der Waals surface area contributed by atoms with Crippen LogP contribution in [0.1, 0.15) is 32.6 Å². The Balaban J connectivity index is 1.57. The number of hydrogen-bond acceptors (Lipinski definition) is 7. The van der Waals surface area contributed by atoms with Crippen molar-refractivity contribution in [3.05, 3.63) is 52.5 Å². The van der Waals surface area contributed by atoms with Gasteiger partial charge < -0.3 is 9.47 Å². The Morgan fingerprint density at radius 1 is 1.07 bits per heavy atom. The van der Waals surface area contributed by atoms with Crippen LogP contribution in [0.5, 0.6) is 11.5 Å². The van der Waals surface area contributed by atoms with Crippen molar-refractivity contribution in [3.8, 4) is 11.5 Å². The average Bonchev–Trinajstić information content (AvgIpc) is 3.14. The van der Waals surface area contributed by atoms with Crippen LogP contribution >= 0.6 is 11.3 Å². The molecule has 0 atom stereocenters. The van der Waals surface area contributed by atoms with Crippen molar-refractivity contribution in [2.45, 2.75) is 13.8 Å². The first-order valence-corrected chi connectivity index (χ1v) is 9.49. The summed E-state index contributed by atoms with van der Waals surface area (Å²) >= 11 is 1.57. The molecular formula is C20H16N2O5S. The Labute approximate surface area is 164 Å². The number of esters is 1. The molecule has 2 amide bonds. The second-order valence-electron chi connectivity index (χ2n) is 6.17. The summed E-state index contributed by atoms with van der Waals surface area (Å²) in [5, 5.41) is 0.968. The van der Waals surface area contributed by atoms with Gasteiger partial charge in [-0.15, -0.1) is 11.3 Å². The predicted octanol–water partition coefficient (Wildman–Crippen LogP) is 3.56. The standard InChI is InChI=1S/C20H16N2O5S/c1-3-26-18(23)10-22-19(24)14-6-4-12(8-15(14)20(22)25)27-13-5-7-16-17(9-13)28-11(2)21-16/h4-9H,3,10H2,1-2H3. The van der Waals surface area contributed by atoms with Gasteiger partial charge in [-0.05, 0) is 44.2 Å². The smallest absolute Gasteiger partial charge is 0.326 e. The van der Waals surface area contributed by atoms with Gasteiger partial charge in [0.1, 0.15) is 18.0 Å². The number of carbonyl (C=O) groups is 3. The maximum atomic E-state index is 12.6. The lowest BCUT2D eigenvalue weighted by atomic mass is 10.1. The fourth-order valence-corrected chi connectivity index (χ4v) is 3.89. The molecule has 0 aliphatic carbocycles. The number of thiazole rings is 1. The van der Waals surface area contributed by atoms with Crippen molar-refractivity contribution in [1.82, 2.24) is 9.88 Å². The second-order valence-corrected chi connectivity index (χ2v) is 7.41. The van der Waals surface area contributed by atoms with E-state index in [0.717, 1.165) is 20.1 Å². The zero-order valence-electron chi connectivity index (χ0n) is 15.2. The van der Waals surface area contributed by atoms with Gasteiger partial charge in [-0.3, -0.25) is 19.3 Å². The molecule has 1 aliphatic heterocycles. The molecule has 28 heavy (non-hydrogen) atoms. The van der Waals surface area contributed by atoms with Crippen molar-refractivity contribution in [2.24, 2.45) is 0 Å². The van der Waals surface area contributed by atoms with Gasteiger partial charge in [-0.25, -0.2) is 4.98 Å². The Hall–Kier alpha value is -3.26. The van der Waals surface area contributed by atoms with Gasteiger partial charge in [0.25, 0.3) is 11.8 Å². The summed E-state index contributed by atoms with van der Waals surface area (Å²) in [4.78, 5) is 41.9. The van der Waals surface area contributed by atoms with E-state index in [4.69, 9.17) is 9.47 Å². The Kier molecular flexibility index (Phi) is 4.56. The molecular weight excluding hydrogens is 380 g/mol. The first-order valence-electron chi connectivity index (χ1n) is 8.67. The summed E-state index contributed by atoms with van der Waals surface area (Å²) in [5.74, 6) is -0.635. The molecule has 0 saturated heterocycles. The molecule has 1 aliphatic rings. The number of carbonyl (C=O) groups excluding carboxylic acids is 3. The zero-order chi connectivity index (χ0) is 19.8. The van der Waals surface area contributed by atoms with E-state index < -0.39 is 24.3 Å². The Morgan fingerprint density at radius 2 is 1.79 bits per heavy atom. The van der Waals surface area contributed by atoms with Crippen molar-refractivity contribution in [3.63, 3.8) is 0 Å². The predicted molar refractivity (Wildman–Crippen MR) is 103 cm³/mol. The van der Waals surface area contributed by atoms with Crippen molar-refractivity contribution in [2.75, 3.05) is 13.2 Å². The van der Waals surface area contributed by atoms with Gasteiger partial charge in [-0.1, -0.05) is 0 Å². The summed E-state index contributed by atoms with van der Waals surface area (Å²) < 4.78 is 11.7. The quantitative estimate of drug-likeness (QED) is 0.484. The van der Waals surface area contributed by atoms with Crippen LogP contribution in [0.15, 0.2) is 36.4 Å². The van der Waals surface area contributed by atoms with Crippen molar-refractivity contribution < 1.29 is 23.9 Å². The minimum Gasteiger partial charge on any atom is -0.465 e. The number of fused-ring (bicyclic) bond motifs is 2. The first kappa shape index (κ1) is 18.1. The third kappa shape index (κ3) is 3.22. The topological polar surface area (TPSA) is 85.8 Å². The van der Waals surface area contributed by atoms with Gasteiger partial charge in [0.15, 0.2) is 0 Å². The Morgan fingerprint density at radius 3 is 2.57 bits per heavy atom. The molecule has 0 N–H and O–H groups in total. The van der Waals surface area contributed by atoms with Crippen LogP contribution in [0, 0.1) is 6.92 Å². The van der Waals surface area contributed by atoms with Crippen LogP contribution in [0.2, 0.25) is 0 Å². The summed E-state index contributed by atoms with van der Waals surface area (Å²) in [6.45, 7) is 3.38. The SMILES string of the molecule is CCOC(=O)CN1C(=O)c2ccc(Oc3ccc4nc(C)sc4c3)cc2C1=O. The minimum absolute atomic E-state index is 0.184. The van der Waals surface area contributed by atoms with E-state index in [-0.39, 0.29) is 17.7 Å². The number of aromatic nitrogens is 1. The van der Waals surface area contributed by atoms with E-state index in [1.54, 1.807) is 30.4 Å². The van der Waals surface area contributed by atoms with E-state index >= 15 is 0 Å². The maximum absolute atomic E-state index is 12.6. The van der Waals surface area contributed by atoms with E-state index in [1.807, 2.05) is 19.1 Å². The molecule has 0 fully saturated rings. The number of imide groups is 1. The van der Waals surface area contributed by atoms with E-state index in [1.165, 1.54) is 12.1 Å². The van der Waals surface area contributed by atoms with Crippen LogP contribution < -0.4 is 4.74 Å². The molecule has 4 rings (SSSR count). The second kappa shape index (κ2) is 7.05. The Bertz CT molecular complexity index is 1120. The molecule has 2 heterocycles. The lowest BCUT2D eigenvalue weighted by Gasteiger charge is -2.12. The van der Waals surface area contributed by atoms with E-state index in [0.29, 0.717) is 11.5 Å². The summed E-state index contributed by atoms with van der Waals surface area (Å²) in [5.41, 5.74) is 1.36. The van der Waals surface area contributed by atoms with Gasteiger partial charge >= 0.3 is 5.97 Å². The highest BCUT2D eigenvalue weighted by Crippen LogP contribution is 2.32. The van der Waals surface area contributed by atoms with Crippen LogP contribution in [0.25, 0.3) is 10.2 Å². The highest BCUT2D eigenvalue weighted by molar-refractivity contribution is 7.18. The summed E-state index contributed by atoms with van der Waals surface area (Å²) in [6.07, 6.45) is 0. The molecule has 0 bridgehead atoms. The molecule has 0 saturated carbocycles. The fourth-order valence-electron chi connectivity index (χ4n) is 3.03. The van der Waals surface area contributed by atoms with Gasteiger partial charge in [0, 0.05) is 6.07 Å². The van der Waals surface area contributed by atoms with Gasteiger partial charge in [0.05, 0.1) is 33.0 Å². The minimum atomic E-state index is -0.623. The average molecular weight is 396 g/mol. The molecule has 0 unspecified atom stereocenters. The molecule has 3 aromatic rings. The molecule has 1 aromatic heterocycles. The number of ether oxygens (including phenoxy) is 2. The van der Waals surface area contributed by atoms with E-state index in [2.05, 4.69) is 4.98 Å². The third-order valence-corrected chi connectivity index (χ3v) is 5.17. The third-order valence-electron chi connectivity index (χ3n) is 4.24. The monoisotopic (exact) mass is 396 g/mol. The molecule has 2 aromatic carbocycles. The van der Waals surface area contributed by atoms with Crippen LogP contribution in [0.4, 0.5) is 0 Å². The lowest BCUT2D eigenvalue weighted by molar-refractivity contribution is -0.143. The number of benzene rings is 2. The highest BCUT2D eigenvalue weighted by atomic mass is 32.1. The number of aryl methyl sites for hydroxylation is 1. The number of rotatable bonds is 5. The summed E-state index contributed by atoms with van der Waals surface area (Å²) in [6, 6.07) is 10.2. The number of amides is 2. The van der Waals surface area contributed by atoms with E-state index in [9.17, 15) is 14.4 Å². The first-order chi connectivity index (χ1) is 13.5. The van der Waals surface area contributed by atoms with Crippen molar-refractivity contribution in [1.29, 1.82) is 0 Å². The molecule has 7 nitrogen and oxygen atoms in total. The molecule has 0 radical (unpaired) electrons. The lowest BCUT2D eigenvalue weighted by Crippen LogP contribution is -2.35. The highest BCUT2D eigenvalue weighted by Gasteiger charge is 2.37. The zero-order valence-corrected chi connectivity index (χ0v) is 16.0. The van der Waals surface area contributed by atoms with Crippen LogP contribution in [0.3, 0.4) is 0 Å². The van der Waals surface area contributed by atoms with Crippen LogP contribution in [-0.2, 0) is 9.53 Å². The normalized spacial score (nSPS) is 13.1. The molecule has 0 spiro atoms. The largest absolute Gasteiger partial charge is 0.465 e. The van der Waals surface area contributed by atoms with Gasteiger partial charge in [0.2, 0.25) is 0 Å². The molecule has 142 valence electrons. The number of nitrogens with zero attached hydrogens (tertiary/aromatic N) is 2. The van der Waals surface area contributed by atoms with Crippen molar-refractivity contribution >= 4 is 39.3 Å². The fraction of sp³-hybridized carbons (Fsp3) is 0.200. The summed E-state index contributed by atoms with van der Waals surface area (Å²) in [7, 11) is 0.